The molecule has 4 aliphatic rings. The van der Waals surface area contributed by atoms with E-state index in [0.29, 0.717) is 6.54 Å². The predicted molar refractivity (Wildman–Crippen MR) is 335 cm³/mol. The summed E-state index contributed by atoms with van der Waals surface area (Å²) in [6.07, 6.45) is 14.2. The molecule has 3 aromatic heterocycles. The zero-order valence-corrected chi connectivity index (χ0v) is 49.7. The molecule has 0 N–H and O–H groups in total. The molecule has 0 radical (unpaired) electrons. The summed E-state index contributed by atoms with van der Waals surface area (Å²) in [6, 6.07) is 43.1. The number of benzene rings is 6. The van der Waals surface area contributed by atoms with Gasteiger partial charge >= 0.3 is 0 Å². The van der Waals surface area contributed by atoms with Crippen LogP contribution in [0.5, 0.6) is 0 Å². The number of aromatic nitrogens is 6. The van der Waals surface area contributed by atoms with Gasteiger partial charge in [-0.1, -0.05) is 65.7 Å². The first-order valence-electron chi connectivity index (χ1n) is 30.3. The first-order chi connectivity index (χ1) is 40.4. The van der Waals surface area contributed by atoms with E-state index in [4.69, 9.17) is 21.6 Å². The van der Waals surface area contributed by atoms with E-state index in [1.165, 1.54) is 60.9 Å². The lowest BCUT2D eigenvalue weighted by Gasteiger charge is -2.29. The normalized spacial score (nSPS) is 15.7. The summed E-state index contributed by atoms with van der Waals surface area (Å²) in [5.41, 5.74) is 14.4. The Balaban J connectivity index is 0.000000131. The zero-order valence-electron chi connectivity index (χ0n) is 49.0. The van der Waals surface area contributed by atoms with E-state index in [1.54, 1.807) is 0 Å². The molecule has 4 fully saturated rings. The maximum Gasteiger partial charge on any atom is 0.253 e. The second-order valence-electron chi connectivity index (χ2n) is 23.2. The van der Waals surface area contributed by atoms with Crippen LogP contribution in [-0.4, -0.2) is 113 Å². The van der Waals surface area contributed by atoms with Crippen LogP contribution < -0.4 is 4.90 Å². The Hall–Kier alpha value is -7.77. The van der Waals surface area contributed by atoms with Gasteiger partial charge in [0.05, 0.1) is 33.1 Å². The van der Waals surface area contributed by atoms with Crippen molar-refractivity contribution in [1.82, 2.24) is 43.4 Å². The summed E-state index contributed by atoms with van der Waals surface area (Å²) in [7, 11) is 0. The first kappa shape index (κ1) is 57.1. The van der Waals surface area contributed by atoms with Gasteiger partial charge < -0.3 is 33.3 Å². The SMILES string of the molecule is Cc1cccc(Cn2c(C)nc3cc(C(=O)N4CCCCC4)ccc32)c1.Cc1nc2cc(C(=O)N3CCCCC3)ccc2n1Cc1cccc(Cl)c1.Cc1nc2ccc(C(=O)N3CCCCC3)cc2n1Cc1cccc(N2CCCCC2)c1. The standard InChI is InChI=1S/C26H32N4O.C22H25N3O.C21H22ClN3O/c1-20-27-24-12-11-22(26(31)29-15-6-3-7-16-29)18-25(24)30(20)19-21-9-8-10-23(17-21)28-13-4-2-5-14-28;1-16-7-6-8-18(13-16)15-25-17(2)23-20-14-19(9-10-21(20)25)22(26)24-11-4-3-5-12-24;1-15-23-19-13-17(21(26)24-10-3-2-4-11-24)8-9-20(19)25(15)14-16-6-5-7-18(22)12-16/h8-12,17-18H,2-7,13-16,19H2,1H3;6-10,13-14H,3-5,11-12,15H2,1-2H3;5-9,12-13H,2-4,10-11,14H2,1H3. The lowest BCUT2D eigenvalue weighted by atomic mass is 10.1. The van der Waals surface area contributed by atoms with Crippen molar-refractivity contribution < 1.29 is 14.4 Å². The van der Waals surface area contributed by atoms with Crippen LogP contribution in [0.2, 0.25) is 5.02 Å². The van der Waals surface area contributed by atoms with Gasteiger partial charge in [0.25, 0.3) is 17.7 Å². The zero-order chi connectivity index (χ0) is 57.4. The van der Waals surface area contributed by atoms with Crippen molar-refractivity contribution >= 4 is 68.1 Å². The Labute approximate surface area is 493 Å². The van der Waals surface area contributed by atoms with Crippen molar-refractivity contribution in [3.63, 3.8) is 0 Å². The summed E-state index contributed by atoms with van der Waals surface area (Å²) >= 11 is 6.11. The second kappa shape index (κ2) is 26.2. The Kier molecular flexibility index (Phi) is 18.0. The number of halogens is 1. The highest BCUT2D eigenvalue weighted by atomic mass is 35.5. The number of carbonyl (C=O) groups is 3. The fourth-order valence-electron chi connectivity index (χ4n) is 12.6. The van der Waals surface area contributed by atoms with Gasteiger partial charge in [0, 0.05) is 99.4 Å². The molecule has 0 atom stereocenters. The number of imidazole rings is 3. The number of aryl methyl sites for hydroxylation is 4. The van der Waals surface area contributed by atoms with Gasteiger partial charge in [-0.25, -0.2) is 15.0 Å². The summed E-state index contributed by atoms with van der Waals surface area (Å²) in [5, 5.41) is 0.735. The number of fused-ring (bicyclic) bond motifs is 3. The lowest BCUT2D eigenvalue weighted by Crippen LogP contribution is -2.35. The average molecular weight is 1130 g/mol. The molecule has 0 bridgehead atoms. The second-order valence-corrected chi connectivity index (χ2v) is 23.7. The Morgan fingerprint density at radius 1 is 0.386 bits per heavy atom. The molecule has 14 heteroatoms. The van der Waals surface area contributed by atoms with Crippen molar-refractivity contribution in [2.75, 3.05) is 57.3 Å². The van der Waals surface area contributed by atoms with Gasteiger partial charge in [-0.2, -0.15) is 0 Å². The molecular formula is C69H79ClN10O3. The minimum atomic E-state index is 0.119. The van der Waals surface area contributed by atoms with Crippen LogP contribution in [0, 0.1) is 27.7 Å². The highest BCUT2D eigenvalue weighted by molar-refractivity contribution is 6.30. The van der Waals surface area contributed by atoms with Gasteiger partial charge in [-0.15, -0.1) is 0 Å². The molecule has 0 saturated carbocycles. The van der Waals surface area contributed by atoms with Gasteiger partial charge in [0.2, 0.25) is 0 Å². The number of hydrogen-bond donors (Lipinski definition) is 0. The fourth-order valence-corrected chi connectivity index (χ4v) is 12.8. The molecule has 0 unspecified atom stereocenters. The van der Waals surface area contributed by atoms with Crippen LogP contribution in [-0.2, 0) is 19.6 Å². The number of likely N-dealkylation sites (tertiary alicyclic amines) is 3. The Bertz CT molecular complexity index is 3600. The first-order valence-corrected chi connectivity index (χ1v) is 30.7. The van der Waals surface area contributed by atoms with Gasteiger partial charge in [-0.3, -0.25) is 14.4 Å². The number of rotatable bonds is 10. The minimum absolute atomic E-state index is 0.119. The van der Waals surface area contributed by atoms with E-state index in [-0.39, 0.29) is 17.7 Å². The minimum Gasteiger partial charge on any atom is -0.372 e. The van der Waals surface area contributed by atoms with Gasteiger partial charge in [0.15, 0.2) is 0 Å². The summed E-state index contributed by atoms with van der Waals surface area (Å²) < 4.78 is 6.63. The van der Waals surface area contributed by atoms with Crippen LogP contribution in [0.3, 0.4) is 0 Å². The number of amides is 3. The molecule has 6 aromatic carbocycles. The van der Waals surface area contributed by atoms with E-state index in [1.807, 2.05) is 101 Å². The molecule has 0 aliphatic carbocycles. The monoisotopic (exact) mass is 1130 g/mol. The van der Waals surface area contributed by atoms with Crippen LogP contribution in [0.25, 0.3) is 33.1 Å². The summed E-state index contributed by atoms with van der Waals surface area (Å²) in [4.78, 5) is 61.1. The van der Waals surface area contributed by atoms with E-state index in [9.17, 15) is 14.4 Å². The number of hydrogen-bond acceptors (Lipinski definition) is 7. The van der Waals surface area contributed by atoms with Crippen molar-refractivity contribution in [2.24, 2.45) is 0 Å². The molecule has 83 heavy (non-hydrogen) atoms. The quantitative estimate of drug-likeness (QED) is 0.134. The van der Waals surface area contributed by atoms with E-state index in [0.717, 1.165) is 182 Å². The van der Waals surface area contributed by atoms with Gasteiger partial charge in [-0.05, 0) is 200 Å². The predicted octanol–water partition coefficient (Wildman–Crippen LogP) is 14.0. The van der Waals surface area contributed by atoms with Crippen LogP contribution in [0.1, 0.15) is 148 Å². The molecule has 13 rings (SSSR count). The largest absolute Gasteiger partial charge is 0.372 e. The lowest BCUT2D eigenvalue weighted by molar-refractivity contribution is 0.0717. The van der Waals surface area contributed by atoms with Crippen LogP contribution in [0.15, 0.2) is 127 Å². The van der Waals surface area contributed by atoms with E-state index >= 15 is 0 Å². The van der Waals surface area contributed by atoms with Crippen molar-refractivity contribution in [2.45, 2.75) is 124 Å². The summed E-state index contributed by atoms with van der Waals surface area (Å²) in [5.74, 6) is 3.30. The smallest absolute Gasteiger partial charge is 0.253 e. The third-order valence-electron chi connectivity index (χ3n) is 17.1. The van der Waals surface area contributed by atoms with Crippen molar-refractivity contribution in [3.05, 3.63) is 189 Å². The van der Waals surface area contributed by atoms with E-state index in [2.05, 4.69) is 92.0 Å². The molecule has 9 aromatic rings. The number of nitrogens with zero attached hydrogens (tertiary/aromatic N) is 10. The highest BCUT2D eigenvalue weighted by Crippen LogP contribution is 2.28. The van der Waals surface area contributed by atoms with Crippen molar-refractivity contribution in [1.29, 1.82) is 0 Å². The summed E-state index contributed by atoms with van der Waals surface area (Å²) in [6.45, 7) is 18.0. The third kappa shape index (κ3) is 13.5. The van der Waals surface area contributed by atoms with Gasteiger partial charge in [0.1, 0.15) is 17.5 Å². The molecule has 3 amide bonds. The fraction of sp³-hybridized carbons (Fsp3) is 0.391. The maximum atomic E-state index is 13.0. The maximum absolute atomic E-state index is 13.0. The molecular weight excluding hydrogens is 1050 g/mol. The Morgan fingerprint density at radius 3 is 1.27 bits per heavy atom. The number of anilines is 1. The molecule has 13 nitrogen and oxygen atoms in total. The number of carbonyl (C=O) groups excluding carboxylic acids is 3. The average Bonchev–Trinajstić information content (AvgIpc) is 4.33. The highest BCUT2D eigenvalue weighted by Gasteiger charge is 2.23. The topological polar surface area (TPSA) is 118 Å². The molecule has 430 valence electrons. The molecule has 4 saturated heterocycles. The van der Waals surface area contributed by atoms with Crippen LogP contribution >= 0.6 is 11.6 Å². The van der Waals surface area contributed by atoms with E-state index < -0.39 is 0 Å². The molecule has 4 aliphatic heterocycles. The Morgan fingerprint density at radius 2 is 0.783 bits per heavy atom. The third-order valence-corrected chi connectivity index (χ3v) is 17.3. The molecule has 0 spiro atoms. The van der Waals surface area contributed by atoms with Crippen LogP contribution in [0.4, 0.5) is 5.69 Å². The number of piperidine rings is 4. The van der Waals surface area contributed by atoms with Crippen molar-refractivity contribution in [3.8, 4) is 0 Å². The molecule has 7 heterocycles.